The van der Waals surface area contributed by atoms with Gasteiger partial charge in [-0.3, -0.25) is 4.79 Å². The molecule has 86 valence electrons. The van der Waals surface area contributed by atoms with Crippen molar-refractivity contribution in [3.05, 3.63) is 21.9 Å². The summed E-state index contributed by atoms with van der Waals surface area (Å²) in [4.78, 5) is 15.8. The second-order valence-corrected chi connectivity index (χ2v) is 5.91. The first-order valence-electron chi connectivity index (χ1n) is 4.86. The van der Waals surface area contributed by atoms with Gasteiger partial charge in [0.05, 0.1) is 16.4 Å². The molecular formula is C10H10BrClN2OS. The van der Waals surface area contributed by atoms with Crippen LogP contribution in [0.15, 0.2) is 16.7 Å². The van der Waals surface area contributed by atoms with E-state index in [1.807, 2.05) is 11.8 Å². The van der Waals surface area contributed by atoms with E-state index in [0.717, 1.165) is 17.9 Å². The first-order chi connectivity index (χ1) is 7.66. The standard InChI is InChI=1S/C10H10BrClN2OS/c11-8-3-7(4-13-9(8)12)14-10(15)6-1-2-16-5-6/h3-4,6H,1-2,5H2,(H,14,15). The molecular weight excluding hydrogens is 312 g/mol. The summed E-state index contributed by atoms with van der Waals surface area (Å²) in [5, 5.41) is 3.25. The maximum absolute atomic E-state index is 11.8. The number of nitrogens with one attached hydrogen (secondary N) is 1. The summed E-state index contributed by atoms with van der Waals surface area (Å²) in [6.07, 6.45) is 2.52. The summed E-state index contributed by atoms with van der Waals surface area (Å²) < 4.78 is 0.688. The molecule has 1 unspecified atom stereocenters. The summed E-state index contributed by atoms with van der Waals surface area (Å²) in [7, 11) is 0. The number of hydrogen-bond donors (Lipinski definition) is 1. The van der Waals surface area contributed by atoms with E-state index in [9.17, 15) is 4.79 Å². The summed E-state index contributed by atoms with van der Waals surface area (Å²) in [5.74, 6) is 2.18. The third-order valence-electron chi connectivity index (χ3n) is 2.36. The summed E-state index contributed by atoms with van der Waals surface area (Å²) in [6.45, 7) is 0. The van der Waals surface area contributed by atoms with Gasteiger partial charge in [0.1, 0.15) is 5.15 Å². The van der Waals surface area contributed by atoms with Crippen LogP contribution in [-0.2, 0) is 4.79 Å². The van der Waals surface area contributed by atoms with Gasteiger partial charge in [-0.2, -0.15) is 11.8 Å². The summed E-state index contributed by atoms with van der Waals surface area (Å²) >= 11 is 10.9. The van der Waals surface area contributed by atoms with Crippen LogP contribution in [0, 0.1) is 5.92 Å². The lowest BCUT2D eigenvalue weighted by Crippen LogP contribution is -2.22. The molecule has 3 nitrogen and oxygen atoms in total. The average Bonchev–Trinajstić information content (AvgIpc) is 2.77. The molecule has 16 heavy (non-hydrogen) atoms. The molecule has 1 atom stereocenters. The summed E-state index contributed by atoms with van der Waals surface area (Å²) in [5.41, 5.74) is 0.679. The van der Waals surface area contributed by atoms with Crippen molar-refractivity contribution >= 4 is 50.9 Å². The molecule has 0 aliphatic carbocycles. The zero-order chi connectivity index (χ0) is 11.5. The first-order valence-corrected chi connectivity index (χ1v) is 7.19. The molecule has 2 rings (SSSR count). The minimum Gasteiger partial charge on any atom is -0.324 e. The third kappa shape index (κ3) is 2.90. The molecule has 0 saturated carbocycles. The Hall–Kier alpha value is -0.260. The summed E-state index contributed by atoms with van der Waals surface area (Å²) in [6, 6.07) is 1.76. The van der Waals surface area contributed by atoms with Crippen LogP contribution in [0.5, 0.6) is 0 Å². The fourth-order valence-electron chi connectivity index (χ4n) is 1.48. The fourth-order valence-corrected chi connectivity index (χ4v) is 3.15. The molecule has 0 spiro atoms. The highest BCUT2D eigenvalue weighted by molar-refractivity contribution is 9.10. The van der Waals surface area contributed by atoms with Gasteiger partial charge in [-0.1, -0.05) is 11.6 Å². The van der Waals surface area contributed by atoms with Gasteiger partial charge >= 0.3 is 0 Å². The van der Waals surface area contributed by atoms with E-state index in [1.54, 1.807) is 12.3 Å². The average molecular weight is 322 g/mol. The van der Waals surface area contributed by atoms with Gasteiger partial charge in [-0.05, 0) is 34.2 Å². The molecule has 2 heterocycles. The van der Waals surface area contributed by atoms with Crippen LogP contribution in [-0.4, -0.2) is 22.4 Å². The first kappa shape index (κ1) is 12.2. The number of pyridine rings is 1. The Labute approximate surface area is 111 Å². The van der Waals surface area contributed by atoms with Gasteiger partial charge in [0.25, 0.3) is 0 Å². The van der Waals surface area contributed by atoms with Gasteiger partial charge in [-0.15, -0.1) is 0 Å². The van der Waals surface area contributed by atoms with E-state index < -0.39 is 0 Å². The monoisotopic (exact) mass is 320 g/mol. The van der Waals surface area contributed by atoms with E-state index in [2.05, 4.69) is 26.2 Å². The number of nitrogens with zero attached hydrogens (tertiary/aromatic N) is 1. The number of rotatable bonds is 2. The molecule has 0 radical (unpaired) electrons. The lowest BCUT2D eigenvalue weighted by molar-refractivity contribution is -0.119. The van der Waals surface area contributed by atoms with Crippen LogP contribution in [0.3, 0.4) is 0 Å². The number of carbonyl (C=O) groups is 1. The normalized spacial score (nSPS) is 19.8. The Morgan fingerprint density at radius 1 is 1.69 bits per heavy atom. The van der Waals surface area contributed by atoms with Crippen molar-refractivity contribution in [2.75, 3.05) is 16.8 Å². The Kier molecular flexibility index (Phi) is 4.10. The Morgan fingerprint density at radius 2 is 2.50 bits per heavy atom. The van der Waals surface area contributed by atoms with Crippen LogP contribution < -0.4 is 5.32 Å². The number of aromatic nitrogens is 1. The van der Waals surface area contributed by atoms with Gasteiger partial charge in [0, 0.05) is 11.7 Å². The van der Waals surface area contributed by atoms with Crippen molar-refractivity contribution in [3.63, 3.8) is 0 Å². The topological polar surface area (TPSA) is 42.0 Å². The van der Waals surface area contributed by atoms with Crippen LogP contribution in [0.25, 0.3) is 0 Å². The Balaban J connectivity index is 2.02. The SMILES string of the molecule is O=C(Nc1cnc(Cl)c(Br)c1)C1CCSC1. The number of anilines is 1. The van der Waals surface area contributed by atoms with E-state index in [0.29, 0.717) is 15.3 Å². The number of amides is 1. The van der Waals surface area contributed by atoms with Crippen LogP contribution in [0.4, 0.5) is 5.69 Å². The van der Waals surface area contributed by atoms with Crippen molar-refractivity contribution < 1.29 is 4.79 Å². The van der Waals surface area contributed by atoms with Crippen molar-refractivity contribution in [2.45, 2.75) is 6.42 Å². The maximum atomic E-state index is 11.8. The van der Waals surface area contributed by atoms with E-state index in [1.165, 1.54) is 0 Å². The zero-order valence-electron chi connectivity index (χ0n) is 8.37. The molecule has 1 aromatic rings. The number of carbonyl (C=O) groups excluding carboxylic acids is 1. The lowest BCUT2D eigenvalue weighted by atomic mass is 10.1. The second-order valence-electron chi connectivity index (χ2n) is 3.55. The Bertz CT molecular complexity index is 410. The highest BCUT2D eigenvalue weighted by Crippen LogP contribution is 2.26. The lowest BCUT2D eigenvalue weighted by Gasteiger charge is -2.09. The minimum atomic E-state index is 0.0704. The van der Waals surface area contributed by atoms with Crippen molar-refractivity contribution in [1.29, 1.82) is 0 Å². The number of hydrogen-bond acceptors (Lipinski definition) is 3. The minimum absolute atomic E-state index is 0.0704. The van der Waals surface area contributed by atoms with Gasteiger partial charge in [0.2, 0.25) is 5.91 Å². The number of thioether (sulfide) groups is 1. The van der Waals surface area contributed by atoms with Crippen molar-refractivity contribution in [1.82, 2.24) is 4.98 Å². The van der Waals surface area contributed by atoms with E-state index in [-0.39, 0.29) is 11.8 Å². The van der Waals surface area contributed by atoms with Crippen molar-refractivity contribution in [2.24, 2.45) is 5.92 Å². The predicted octanol–water partition coefficient (Wildman–Crippen LogP) is 3.19. The molecule has 0 aromatic carbocycles. The molecule has 1 saturated heterocycles. The molecule has 1 aromatic heterocycles. The molecule has 1 aliphatic heterocycles. The van der Waals surface area contributed by atoms with Gasteiger partial charge < -0.3 is 5.32 Å². The largest absolute Gasteiger partial charge is 0.324 e. The smallest absolute Gasteiger partial charge is 0.228 e. The van der Waals surface area contributed by atoms with Crippen LogP contribution >= 0.6 is 39.3 Å². The number of halogens is 2. The Morgan fingerprint density at radius 3 is 3.12 bits per heavy atom. The highest BCUT2D eigenvalue weighted by atomic mass is 79.9. The van der Waals surface area contributed by atoms with Crippen LogP contribution in [0.2, 0.25) is 5.15 Å². The molecule has 1 aliphatic rings. The third-order valence-corrected chi connectivity index (χ3v) is 4.66. The molecule has 6 heteroatoms. The molecule has 1 N–H and O–H groups in total. The van der Waals surface area contributed by atoms with Gasteiger partial charge in [0.15, 0.2) is 0 Å². The second kappa shape index (κ2) is 5.38. The molecule has 1 amide bonds. The highest BCUT2D eigenvalue weighted by Gasteiger charge is 2.23. The maximum Gasteiger partial charge on any atom is 0.228 e. The van der Waals surface area contributed by atoms with E-state index in [4.69, 9.17) is 11.6 Å². The van der Waals surface area contributed by atoms with Gasteiger partial charge in [-0.25, -0.2) is 4.98 Å². The molecule has 0 bridgehead atoms. The van der Waals surface area contributed by atoms with E-state index >= 15 is 0 Å². The molecule has 1 fully saturated rings. The predicted molar refractivity (Wildman–Crippen MR) is 71.0 cm³/mol. The fraction of sp³-hybridized carbons (Fsp3) is 0.400. The van der Waals surface area contributed by atoms with Crippen molar-refractivity contribution in [3.8, 4) is 0 Å². The zero-order valence-corrected chi connectivity index (χ0v) is 11.5. The quantitative estimate of drug-likeness (QED) is 0.851. The van der Waals surface area contributed by atoms with Crippen LogP contribution in [0.1, 0.15) is 6.42 Å².